The molecule has 3 rings (SSSR count). The Morgan fingerprint density at radius 1 is 1.15 bits per heavy atom. The van der Waals surface area contributed by atoms with Crippen molar-refractivity contribution in [2.75, 3.05) is 7.05 Å². The predicted octanol–water partition coefficient (Wildman–Crippen LogP) is 5.11. The summed E-state index contributed by atoms with van der Waals surface area (Å²) in [6.45, 7) is 0. The zero-order valence-electron chi connectivity index (χ0n) is 10.9. The number of hydrogen-bond donors (Lipinski definition) is 1. The number of nitrogens with one attached hydrogen (secondary N) is 1. The highest BCUT2D eigenvalue weighted by molar-refractivity contribution is 9.10. The molecule has 0 spiro atoms. The van der Waals surface area contributed by atoms with Crippen molar-refractivity contribution in [3.8, 4) is 0 Å². The molecule has 1 heterocycles. The van der Waals surface area contributed by atoms with E-state index >= 15 is 0 Å². The molecule has 0 saturated heterocycles. The van der Waals surface area contributed by atoms with E-state index in [0.717, 1.165) is 10.0 Å². The van der Waals surface area contributed by atoms with E-state index < -0.39 is 0 Å². The van der Waals surface area contributed by atoms with E-state index in [1.807, 2.05) is 19.2 Å². The van der Waals surface area contributed by atoms with Crippen LogP contribution in [0.3, 0.4) is 0 Å². The van der Waals surface area contributed by atoms with Gasteiger partial charge in [0.15, 0.2) is 0 Å². The summed E-state index contributed by atoms with van der Waals surface area (Å²) in [5.41, 5.74) is 2.09. The zero-order chi connectivity index (χ0) is 14.1. The molecule has 0 bridgehead atoms. The Labute approximate surface area is 129 Å². The Morgan fingerprint density at radius 3 is 2.75 bits per heavy atom. The van der Waals surface area contributed by atoms with Crippen LogP contribution in [-0.4, -0.2) is 7.05 Å². The lowest BCUT2D eigenvalue weighted by molar-refractivity contribution is 0.616. The lowest BCUT2D eigenvalue weighted by Gasteiger charge is -2.18. The SMILES string of the molecule is CNC(c1cc(F)ccc1Br)c1csc2ccccc12. The molecular weight excluding hydrogens is 337 g/mol. The number of halogens is 2. The van der Waals surface area contributed by atoms with Crippen molar-refractivity contribution in [2.24, 2.45) is 0 Å². The lowest BCUT2D eigenvalue weighted by atomic mass is 9.98. The van der Waals surface area contributed by atoms with Crippen molar-refractivity contribution < 1.29 is 4.39 Å². The average Bonchev–Trinajstić information content (AvgIpc) is 2.88. The van der Waals surface area contributed by atoms with E-state index in [9.17, 15) is 4.39 Å². The van der Waals surface area contributed by atoms with Gasteiger partial charge < -0.3 is 5.32 Å². The Kier molecular flexibility index (Phi) is 3.87. The van der Waals surface area contributed by atoms with E-state index in [2.05, 4.69) is 38.8 Å². The quantitative estimate of drug-likeness (QED) is 0.692. The molecule has 0 saturated carbocycles. The molecule has 1 unspecified atom stereocenters. The summed E-state index contributed by atoms with van der Waals surface area (Å²) >= 11 is 5.23. The number of hydrogen-bond acceptors (Lipinski definition) is 2. The fourth-order valence-corrected chi connectivity index (χ4v) is 3.90. The summed E-state index contributed by atoms with van der Waals surface area (Å²) in [6.07, 6.45) is 0. The van der Waals surface area contributed by atoms with Gasteiger partial charge in [0.2, 0.25) is 0 Å². The highest BCUT2D eigenvalue weighted by atomic mass is 79.9. The molecule has 0 radical (unpaired) electrons. The van der Waals surface area contributed by atoms with Crippen LogP contribution in [0.2, 0.25) is 0 Å². The largest absolute Gasteiger partial charge is 0.309 e. The molecule has 3 aromatic rings. The minimum absolute atomic E-state index is 0.0313. The molecule has 2 aromatic carbocycles. The first-order chi connectivity index (χ1) is 9.70. The number of fused-ring (bicyclic) bond motifs is 1. The second kappa shape index (κ2) is 5.64. The van der Waals surface area contributed by atoms with Gasteiger partial charge >= 0.3 is 0 Å². The minimum Gasteiger partial charge on any atom is -0.309 e. The maximum absolute atomic E-state index is 13.6. The van der Waals surface area contributed by atoms with Crippen molar-refractivity contribution in [3.05, 3.63) is 69.3 Å². The first kappa shape index (κ1) is 13.7. The molecule has 0 aliphatic heterocycles. The normalized spacial score (nSPS) is 12.8. The summed E-state index contributed by atoms with van der Waals surface area (Å²) in [5.74, 6) is -0.219. The number of rotatable bonds is 3. The van der Waals surface area contributed by atoms with Gasteiger partial charge in [-0.25, -0.2) is 4.39 Å². The van der Waals surface area contributed by atoms with Gasteiger partial charge in [0, 0.05) is 9.17 Å². The van der Waals surface area contributed by atoms with Crippen LogP contribution < -0.4 is 5.32 Å². The van der Waals surface area contributed by atoms with Crippen molar-refractivity contribution in [3.63, 3.8) is 0 Å². The van der Waals surface area contributed by atoms with Gasteiger partial charge in [-0.15, -0.1) is 11.3 Å². The Morgan fingerprint density at radius 2 is 1.95 bits per heavy atom. The predicted molar refractivity (Wildman–Crippen MR) is 86.8 cm³/mol. The highest BCUT2D eigenvalue weighted by Crippen LogP contribution is 2.36. The van der Waals surface area contributed by atoms with Crippen molar-refractivity contribution in [1.29, 1.82) is 0 Å². The maximum atomic E-state index is 13.6. The van der Waals surface area contributed by atoms with Crippen LogP contribution in [0.15, 0.2) is 52.3 Å². The monoisotopic (exact) mass is 349 g/mol. The smallest absolute Gasteiger partial charge is 0.123 e. The summed E-state index contributed by atoms with van der Waals surface area (Å²) in [5, 5.41) is 6.65. The van der Waals surface area contributed by atoms with Gasteiger partial charge in [-0.05, 0) is 53.2 Å². The summed E-state index contributed by atoms with van der Waals surface area (Å²) in [6, 6.07) is 13.1. The van der Waals surface area contributed by atoms with Gasteiger partial charge in [0.25, 0.3) is 0 Å². The Balaban J connectivity index is 2.16. The first-order valence-electron chi connectivity index (χ1n) is 6.29. The Hall–Kier alpha value is -1.23. The van der Waals surface area contributed by atoms with Crippen molar-refractivity contribution in [1.82, 2.24) is 5.32 Å². The van der Waals surface area contributed by atoms with Crippen LogP contribution in [0.1, 0.15) is 17.2 Å². The molecule has 1 nitrogen and oxygen atoms in total. The molecule has 102 valence electrons. The van der Waals surface area contributed by atoms with Crippen LogP contribution >= 0.6 is 27.3 Å². The third-order valence-corrected chi connectivity index (χ3v) is 5.08. The van der Waals surface area contributed by atoms with Crippen LogP contribution in [0.4, 0.5) is 4.39 Å². The van der Waals surface area contributed by atoms with Crippen LogP contribution in [-0.2, 0) is 0 Å². The van der Waals surface area contributed by atoms with Crippen molar-refractivity contribution in [2.45, 2.75) is 6.04 Å². The third-order valence-electron chi connectivity index (χ3n) is 3.38. The maximum Gasteiger partial charge on any atom is 0.123 e. The molecule has 0 fully saturated rings. The molecule has 0 aliphatic carbocycles. The van der Waals surface area contributed by atoms with Gasteiger partial charge in [-0.2, -0.15) is 0 Å². The molecule has 20 heavy (non-hydrogen) atoms. The molecule has 0 aliphatic rings. The molecule has 0 amide bonds. The fraction of sp³-hybridized carbons (Fsp3) is 0.125. The zero-order valence-corrected chi connectivity index (χ0v) is 13.3. The third kappa shape index (κ3) is 2.39. The first-order valence-corrected chi connectivity index (χ1v) is 7.96. The van der Waals surface area contributed by atoms with Gasteiger partial charge in [-0.3, -0.25) is 0 Å². The summed E-state index contributed by atoms with van der Waals surface area (Å²) in [7, 11) is 1.90. The molecular formula is C16H13BrFNS. The van der Waals surface area contributed by atoms with E-state index in [1.165, 1.54) is 21.7 Å². The van der Waals surface area contributed by atoms with Gasteiger partial charge in [0.1, 0.15) is 5.82 Å². The molecule has 1 aromatic heterocycles. The minimum atomic E-state index is -0.219. The van der Waals surface area contributed by atoms with Crippen LogP contribution in [0, 0.1) is 5.82 Å². The summed E-state index contributed by atoms with van der Waals surface area (Å²) < 4.78 is 15.7. The van der Waals surface area contributed by atoms with E-state index in [1.54, 1.807) is 23.5 Å². The Bertz CT molecular complexity index is 753. The average molecular weight is 350 g/mol. The lowest BCUT2D eigenvalue weighted by Crippen LogP contribution is -2.18. The fourth-order valence-electron chi connectivity index (χ4n) is 2.44. The second-order valence-electron chi connectivity index (χ2n) is 4.57. The van der Waals surface area contributed by atoms with Crippen LogP contribution in [0.5, 0.6) is 0 Å². The molecule has 4 heteroatoms. The number of thiophene rings is 1. The molecule has 1 N–H and O–H groups in total. The summed E-state index contributed by atoms with van der Waals surface area (Å²) in [4.78, 5) is 0. The van der Waals surface area contributed by atoms with E-state index in [-0.39, 0.29) is 11.9 Å². The molecule has 1 atom stereocenters. The van der Waals surface area contributed by atoms with E-state index in [0.29, 0.717) is 0 Å². The van der Waals surface area contributed by atoms with Gasteiger partial charge in [-0.1, -0.05) is 34.1 Å². The van der Waals surface area contributed by atoms with E-state index in [4.69, 9.17) is 0 Å². The van der Waals surface area contributed by atoms with Crippen molar-refractivity contribution >= 4 is 37.4 Å². The number of benzene rings is 2. The van der Waals surface area contributed by atoms with Crippen LogP contribution in [0.25, 0.3) is 10.1 Å². The highest BCUT2D eigenvalue weighted by Gasteiger charge is 2.19. The standard InChI is InChI=1S/C16H13BrFNS/c1-19-16(12-8-10(18)6-7-14(12)17)13-9-20-15-5-3-2-4-11(13)15/h2-9,16,19H,1H3. The second-order valence-corrected chi connectivity index (χ2v) is 6.34. The topological polar surface area (TPSA) is 12.0 Å². The van der Waals surface area contributed by atoms with Gasteiger partial charge in [0.05, 0.1) is 6.04 Å².